The summed E-state index contributed by atoms with van der Waals surface area (Å²) in [6, 6.07) is 3.52. The van der Waals surface area contributed by atoms with Gasteiger partial charge >= 0.3 is 0 Å². The molecule has 0 fully saturated rings. The van der Waals surface area contributed by atoms with Crippen LogP contribution in [0.4, 0.5) is 0 Å². The van der Waals surface area contributed by atoms with Gasteiger partial charge in [-0.3, -0.25) is 4.79 Å². The number of phenolic OH excluding ortho intramolecular Hbond substituents is 1. The Morgan fingerprint density at radius 3 is 2.53 bits per heavy atom. The fraction of sp³-hybridized carbons (Fsp3) is 0.667. The molecule has 0 spiro atoms. The number of Topliss-reactive ketones (excluding diaryl/α,β-unsaturated/α-hetero) is 1. The van der Waals surface area contributed by atoms with Crippen LogP contribution >= 0.6 is 0 Å². The number of carbonyl (C=O) groups is 1. The standard InChI is InChI=1S/C27H38O5/c1-16-12-18(28)13-17-9-11-27(6,31-23(16)17)15-20-19-14-22(30)26(4,5)32-24(20)25(2,3)10-7-8-21(19)29/h12-13,22,24,28,30H,7-11,14-15H2,1-6H3. The molecule has 5 nitrogen and oxygen atoms in total. The molecule has 4 rings (SSSR count). The lowest BCUT2D eigenvalue weighted by Crippen LogP contribution is -2.46. The first-order valence-electron chi connectivity index (χ1n) is 11.9. The van der Waals surface area contributed by atoms with Crippen molar-refractivity contribution in [1.82, 2.24) is 0 Å². The third-order valence-corrected chi connectivity index (χ3v) is 7.77. The lowest BCUT2D eigenvalue weighted by atomic mass is 9.71. The molecule has 2 bridgehead atoms. The smallest absolute Gasteiger partial charge is 0.159 e. The largest absolute Gasteiger partial charge is 0.508 e. The van der Waals surface area contributed by atoms with Crippen molar-refractivity contribution in [1.29, 1.82) is 0 Å². The van der Waals surface area contributed by atoms with Gasteiger partial charge in [0.15, 0.2) is 5.78 Å². The number of rotatable bonds is 2. The second-order valence-electron chi connectivity index (χ2n) is 11.6. The van der Waals surface area contributed by atoms with Crippen molar-refractivity contribution in [3.05, 3.63) is 34.4 Å². The lowest BCUT2D eigenvalue weighted by Gasteiger charge is -2.44. The molecule has 0 amide bonds. The highest BCUT2D eigenvalue weighted by molar-refractivity contribution is 5.96. The average molecular weight is 443 g/mol. The Kier molecular flexibility index (Phi) is 5.74. The monoisotopic (exact) mass is 442 g/mol. The Labute approximate surface area is 191 Å². The molecule has 1 aromatic carbocycles. The Morgan fingerprint density at radius 2 is 1.81 bits per heavy atom. The molecule has 0 saturated carbocycles. The molecule has 2 N–H and O–H groups in total. The summed E-state index contributed by atoms with van der Waals surface area (Å²) in [5.74, 6) is 1.24. The Balaban J connectivity index is 1.77. The van der Waals surface area contributed by atoms with Gasteiger partial charge in [-0.25, -0.2) is 0 Å². The first kappa shape index (κ1) is 23.3. The predicted octanol–water partition coefficient (Wildman–Crippen LogP) is 5.18. The predicted molar refractivity (Wildman–Crippen MR) is 124 cm³/mol. The van der Waals surface area contributed by atoms with Crippen molar-refractivity contribution < 1.29 is 24.5 Å². The van der Waals surface area contributed by atoms with E-state index in [1.165, 1.54) is 0 Å². The van der Waals surface area contributed by atoms with E-state index in [2.05, 4.69) is 20.8 Å². The molecular weight excluding hydrogens is 404 g/mol. The van der Waals surface area contributed by atoms with Crippen LogP contribution in [0.5, 0.6) is 11.5 Å². The summed E-state index contributed by atoms with van der Waals surface area (Å²) >= 11 is 0. The van der Waals surface area contributed by atoms with Crippen molar-refractivity contribution >= 4 is 5.78 Å². The van der Waals surface area contributed by atoms with Gasteiger partial charge in [0, 0.05) is 19.3 Å². The van der Waals surface area contributed by atoms with Crippen LogP contribution in [0.3, 0.4) is 0 Å². The number of benzene rings is 1. The molecule has 3 unspecified atom stereocenters. The Bertz CT molecular complexity index is 957. The first-order valence-corrected chi connectivity index (χ1v) is 11.9. The molecule has 5 heteroatoms. The molecule has 3 atom stereocenters. The molecule has 32 heavy (non-hydrogen) atoms. The van der Waals surface area contributed by atoms with E-state index in [1.807, 2.05) is 20.8 Å². The minimum absolute atomic E-state index is 0.141. The molecule has 0 aromatic heterocycles. The Morgan fingerprint density at radius 1 is 1.09 bits per heavy atom. The second-order valence-corrected chi connectivity index (χ2v) is 11.6. The van der Waals surface area contributed by atoms with E-state index in [-0.39, 0.29) is 23.1 Å². The SMILES string of the molecule is Cc1cc(O)cc2c1OC(C)(CC1=C3CC(O)C(C)(C)OC1C(C)(C)CCCC3=O)CC2. The topological polar surface area (TPSA) is 76.0 Å². The van der Waals surface area contributed by atoms with Crippen LogP contribution in [0.2, 0.25) is 0 Å². The van der Waals surface area contributed by atoms with E-state index in [9.17, 15) is 15.0 Å². The highest BCUT2D eigenvalue weighted by Gasteiger charge is 2.48. The highest BCUT2D eigenvalue weighted by atomic mass is 16.5. The fourth-order valence-electron chi connectivity index (χ4n) is 5.67. The molecule has 2 heterocycles. The van der Waals surface area contributed by atoms with Gasteiger partial charge in [0.25, 0.3) is 0 Å². The first-order chi connectivity index (χ1) is 14.8. The summed E-state index contributed by atoms with van der Waals surface area (Å²) in [6.07, 6.45) is 3.76. The van der Waals surface area contributed by atoms with E-state index < -0.39 is 17.3 Å². The van der Waals surface area contributed by atoms with Gasteiger partial charge in [-0.15, -0.1) is 0 Å². The van der Waals surface area contributed by atoms with Crippen LogP contribution in [0, 0.1) is 12.3 Å². The van der Waals surface area contributed by atoms with Crippen molar-refractivity contribution in [2.75, 3.05) is 0 Å². The fourth-order valence-corrected chi connectivity index (χ4v) is 5.67. The molecule has 1 aliphatic carbocycles. The molecule has 1 aromatic rings. The zero-order chi connectivity index (χ0) is 23.5. The number of ketones is 1. The third-order valence-electron chi connectivity index (χ3n) is 7.77. The van der Waals surface area contributed by atoms with Crippen molar-refractivity contribution in [2.24, 2.45) is 5.41 Å². The van der Waals surface area contributed by atoms with Crippen molar-refractivity contribution in [3.8, 4) is 11.5 Å². The van der Waals surface area contributed by atoms with Gasteiger partial charge in [-0.2, -0.15) is 0 Å². The normalized spacial score (nSPS) is 31.8. The summed E-state index contributed by atoms with van der Waals surface area (Å²) in [4.78, 5) is 13.3. The maximum atomic E-state index is 13.3. The van der Waals surface area contributed by atoms with Gasteiger partial charge in [0.05, 0.1) is 17.8 Å². The summed E-state index contributed by atoms with van der Waals surface area (Å²) in [5, 5.41) is 20.9. The molecule has 2 aliphatic heterocycles. The highest BCUT2D eigenvalue weighted by Crippen LogP contribution is 2.48. The second kappa shape index (κ2) is 7.88. The summed E-state index contributed by atoms with van der Waals surface area (Å²) < 4.78 is 13.2. The van der Waals surface area contributed by atoms with Gasteiger partial charge < -0.3 is 19.7 Å². The molecule has 0 radical (unpaired) electrons. The van der Waals surface area contributed by atoms with E-state index in [0.717, 1.165) is 53.7 Å². The summed E-state index contributed by atoms with van der Waals surface area (Å²) in [5.41, 5.74) is 2.30. The van der Waals surface area contributed by atoms with E-state index in [4.69, 9.17) is 9.47 Å². The van der Waals surface area contributed by atoms with E-state index >= 15 is 0 Å². The van der Waals surface area contributed by atoms with Crippen LogP contribution < -0.4 is 4.74 Å². The molecule has 0 saturated heterocycles. The Hall–Kier alpha value is -1.85. The van der Waals surface area contributed by atoms with Gasteiger partial charge in [-0.05, 0) is 93.2 Å². The number of hydrogen-bond acceptors (Lipinski definition) is 5. The summed E-state index contributed by atoms with van der Waals surface area (Å²) in [6.45, 7) is 12.3. The number of carbonyl (C=O) groups excluding carboxylic acids is 1. The number of ether oxygens (including phenoxy) is 2. The third kappa shape index (κ3) is 4.22. The van der Waals surface area contributed by atoms with Crippen molar-refractivity contribution in [3.63, 3.8) is 0 Å². The number of aliphatic hydroxyl groups excluding tert-OH is 1. The van der Waals surface area contributed by atoms with Crippen LogP contribution in [0.15, 0.2) is 23.3 Å². The van der Waals surface area contributed by atoms with Gasteiger partial charge in [0.2, 0.25) is 0 Å². The number of hydrogen-bond donors (Lipinski definition) is 2. The van der Waals surface area contributed by atoms with Gasteiger partial charge in [0.1, 0.15) is 17.1 Å². The van der Waals surface area contributed by atoms with Crippen LogP contribution in [-0.2, 0) is 16.0 Å². The number of fused-ring (bicyclic) bond motifs is 2. The van der Waals surface area contributed by atoms with Crippen LogP contribution in [0.1, 0.15) is 84.3 Å². The number of aromatic hydroxyl groups is 1. The maximum Gasteiger partial charge on any atom is 0.159 e. The molecule has 176 valence electrons. The number of aliphatic hydroxyl groups is 1. The average Bonchev–Trinajstić information content (AvgIpc) is 2.78. The number of aryl methyl sites for hydroxylation is 2. The lowest BCUT2D eigenvalue weighted by molar-refractivity contribution is -0.150. The van der Waals surface area contributed by atoms with Crippen LogP contribution in [-0.4, -0.2) is 39.4 Å². The number of phenols is 1. The maximum absolute atomic E-state index is 13.3. The zero-order valence-electron chi connectivity index (χ0n) is 20.4. The molecule has 3 aliphatic rings. The van der Waals surface area contributed by atoms with E-state index in [1.54, 1.807) is 12.1 Å². The summed E-state index contributed by atoms with van der Waals surface area (Å²) in [7, 11) is 0. The van der Waals surface area contributed by atoms with Crippen LogP contribution in [0.25, 0.3) is 0 Å². The molecular formula is C27H38O5. The van der Waals surface area contributed by atoms with Gasteiger partial charge in [-0.1, -0.05) is 13.8 Å². The van der Waals surface area contributed by atoms with E-state index in [0.29, 0.717) is 19.3 Å². The van der Waals surface area contributed by atoms with Crippen molar-refractivity contribution in [2.45, 2.75) is 110 Å². The quantitative estimate of drug-likeness (QED) is 0.660. The minimum atomic E-state index is -0.741. The minimum Gasteiger partial charge on any atom is -0.508 e. The zero-order valence-corrected chi connectivity index (χ0v) is 20.4.